The average Bonchev–Trinajstić information content (AvgIpc) is 2.93. The lowest BCUT2D eigenvalue weighted by molar-refractivity contribution is -0.117. The summed E-state index contributed by atoms with van der Waals surface area (Å²) in [7, 11) is 0. The average molecular weight is 287 g/mol. The lowest BCUT2D eigenvalue weighted by Crippen LogP contribution is -2.40. The fourth-order valence-corrected chi connectivity index (χ4v) is 3.46. The van der Waals surface area contributed by atoms with Gasteiger partial charge in [0.25, 0.3) is 0 Å². The highest BCUT2D eigenvalue weighted by atomic mass is 19.1. The molecule has 4 nitrogen and oxygen atoms in total. The summed E-state index contributed by atoms with van der Waals surface area (Å²) >= 11 is 0. The van der Waals surface area contributed by atoms with E-state index in [1.54, 1.807) is 0 Å². The van der Waals surface area contributed by atoms with Crippen molar-refractivity contribution in [3.63, 3.8) is 0 Å². The number of nitrogens with zero attached hydrogens (tertiary/aromatic N) is 1. The van der Waals surface area contributed by atoms with Crippen LogP contribution in [0.25, 0.3) is 0 Å². The third kappa shape index (κ3) is 2.91. The van der Waals surface area contributed by atoms with E-state index in [-0.39, 0.29) is 17.5 Å². The molecule has 0 aromatic heterocycles. The number of carbonyl (C=O) groups excluding carboxylic acids is 1. The van der Waals surface area contributed by atoms with Crippen molar-refractivity contribution in [2.75, 3.05) is 5.32 Å². The van der Waals surface area contributed by atoms with E-state index in [9.17, 15) is 9.18 Å². The highest BCUT2D eigenvalue weighted by Crippen LogP contribution is 2.33. The summed E-state index contributed by atoms with van der Waals surface area (Å²) in [5, 5.41) is 15.1. The van der Waals surface area contributed by atoms with Crippen molar-refractivity contribution in [1.29, 1.82) is 5.26 Å². The zero-order chi connectivity index (χ0) is 14.8. The van der Waals surface area contributed by atoms with E-state index in [2.05, 4.69) is 10.6 Å². The van der Waals surface area contributed by atoms with E-state index in [4.69, 9.17) is 5.26 Å². The van der Waals surface area contributed by atoms with Gasteiger partial charge in [0.2, 0.25) is 5.91 Å². The third-order valence-corrected chi connectivity index (χ3v) is 4.54. The first kappa shape index (κ1) is 14.0. The van der Waals surface area contributed by atoms with Gasteiger partial charge in [-0.1, -0.05) is 12.8 Å². The van der Waals surface area contributed by atoms with Crippen molar-refractivity contribution in [2.24, 2.45) is 5.92 Å². The monoisotopic (exact) mass is 287 g/mol. The van der Waals surface area contributed by atoms with E-state index in [1.807, 2.05) is 6.07 Å². The number of nitrogens with one attached hydrogen (secondary N) is 2. The Kier molecular flexibility index (Phi) is 3.89. The molecule has 110 valence electrons. The van der Waals surface area contributed by atoms with Gasteiger partial charge in [0.1, 0.15) is 11.9 Å². The molecule has 1 heterocycles. The Hall–Kier alpha value is -1.93. The molecule has 21 heavy (non-hydrogen) atoms. The Morgan fingerprint density at radius 3 is 2.95 bits per heavy atom. The van der Waals surface area contributed by atoms with Gasteiger partial charge in [-0.05, 0) is 43.4 Å². The molecule has 3 rings (SSSR count). The second kappa shape index (κ2) is 5.82. The maximum atomic E-state index is 13.1. The van der Waals surface area contributed by atoms with Gasteiger partial charge in [-0.25, -0.2) is 4.39 Å². The van der Waals surface area contributed by atoms with Gasteiger partial charge < -0.3 is 10.6 Å². The smallest absolute Gasteiger partial charge is 0.241 e. The molecule has 1 saturated carbocycles. The Bertz CT molecular complexity index is 582. The van der Waals surface area contributed by atoms with Crippen LogP contribution in [0.1, 0.15) is 37.7 Å². The van der Waals surface area contributed by atoms with Crippen LogP contribution in [0.2, 0.25) is 0 Å². The van der Waals surface area contributed by atoms with Gasteiger partial charge in [-0.3, -0.25) is 4.79 Å². The molecule has 5 heteroatoms. The van der Waals surface area contributed by atoms with E-state index in [1.165, 1.54) is 31.4 Å². The summed E-state index contributed by atoms with van der Waals surface area (Å²) in [4.78, 5) is 12.3. The standard InChI is InChI=1S/C16H18FN3O/c17-12-5-6-14(11(7-12)9-18)20-16(21)15-8-10-3-1-2-4-13(10)19-15/h5-7,10,13,15,19H,1-4,8H2,(H,20,21). The first-order valence-corrected chi connectivity index (χ1v) is 7.44. The maximum absolute atomic E-state index is 13.1. The lowest BCUT2D eigenvalue weighted by atomic mass is 9.85. The molecule has 2 N–H and O–H groups in total. The van der Waals surface area contributed by atoms with Crippen LogP contribution in [-0.2, 0) is 4.79 Å². The number of halogens is 1. The Morgan fingerprint density at radius 1 is 1.38 bits per heavy atom. The normalized spacial score (nSPS) is 27.7. The Morgan fingerprint density at radius 2 is 2.19 bits per heavy atom. The molecule has 1 saturated heterocycles. The van der Waals surface area contributed by atoms with Crippen LogP contribution in [0, 0.1) is 23.1 Å². The van der Waals surface area contributed by atoms with Gasteiger partial charge in [-0.2, -0.15) is 5.26 Å². The maximum Gasteiger partial charge on any atom is 0.241 e. The van der Waals surface area contributed by atoms with Crippen molar-refractivity contribution < 1.29 is 9.18 Å². The van der Waals surface area contributed by atoms with Gasteiger partial charge in [-0.15, -0.1) is 0 Å². The molecule has 1 aliphatic carbocycles. The van der Waals surface area contributed by atoms with Gasteiger partial charge in [0, 0.05) is 6.04 Å². The molecule has 1 amide bonds. The molecular weight excluding hydrogens is 269 g/mol. The van der Waals surface area contributed by atoms with Gasteiger partial charge in [0.15, 0.2) is 0 Å². The fourth-order valence-electron chi connectivity index (χ4n) is 3.46. The van der Waals surface area contributed by atoms with Crippen molar-refractivity contribution in [3.05, 3.63) is 29.6 Å². The van der Waals surface area contributed by atoms with Crippen molar-refractivity contribution in [3.8, 4) is 6.07 Å². The van der Waals surface area contributed by atoms with Crippen LogP contribution in [0.15, 0.2) is 18.2 Å². The highest BCUT2D eigenvalue weighted by molar-refractivity contribution is 5.96. The summed E-state index contributed by atoms with van der Waals surface area (Å²) in [5.41, 5.74) is 0.527. The number of benzene rings is 1. The number of rotatable bonds is 2. The van der Waals surface area contributed by atoms with Crippen LogP contribution < -0.4 is 10.6 Å². The second-order valence-corrected chi connectivity index (χ2v) is 5.90. The molecule has 0 bridgehead atoms. The molecule has 2 aliphatic rings. The summed E-state index contributed by atoms with van der Waals surface area (Å²) in [6, 6.07) is 5.96. The zero-order valence-electron chi connectivity index (χ0n) is 11.7. The van der Waals surface area contributed by atoms with Crippen LogP contribution in [0.5, 0.6) is 0 Å². The van der Waals surface area contributed by atoms with E-state index in [0.717, 1.165) is 18.9 Å². The van der Waals surface area contributed by atoms with Crippen molar-refractivity contribution in [2.45, 2.75) is 44.2 Å². The number of anilines is 1. The third-order valence-electron chi connectivity index (χ3n) is 4.54. The predicted molar refractivity (Wildman–Crippen MR) is 77.0 cm³/mol. The van der Waals surface area contributed by atoms with E-state index in [0.29, 0.717) is 17.6 Å². The number of hydrogen-bond acceptors (Lipinski definition) is 3. The molecule has 3 atom stereocenters. The molecule has 0 spiro atoms. The van der Waals surface area contributed by atoms with Crippen molar-refractivity contribution >= 4 is 11.6 Å². The van der Waals surface area contributed by atoms with Gasteiger partial charge in [0.05, 0.1) is 17.3 Å². The number of carbonyl (C=O) groups is 1. The quantitative estimate of drug-likeness (QED) is 0.878. The van der Waals surface area contributed by atoms with Crippen molar-refractivity contribution in [1.82, 2.24) is 5.32 Å². The first-order valence-electron chi connectivity index (χ1n) is 7.44. The largest absolute Gasteiger partial charge is 0.324 e. The molecular formula is C16H18FN3O. The minimum Gasteiger partial charge on any atom is -0.324 e. The summed E-state index contributed by atoms with van der Waals surface area (Å²) in [6.07, 6.45) is 5.63. The predicted octanol–water partition coefficient (Wildman–Crippen LogP) is 2.56. The SMILES string of the molecule is N#Cc1cc(F)ccc1NC(=O)C1CC2CCCCC2N1. The fraction of sp³-hybridized carbons (Fsp3) is 0.500. The van der Waals surface area contributed by atoms with Crippen LogP contribution in [0.4, 0.5) is 10.1 Å². The summed E-state index contributed by atoms with van der Waals surface area (Å²) < 4.78 is 13.1. The number of nitriles is 1. The second-order valence-electron chi connectivity index (χ2n) is 5.90. The lowest BCUT2D eigenvalue weighted by Gasteiger charge is -2.24. The Balaban J connectivity index is 1.68. The molecule has 0 radical (unpaired) electrons. The molecule has 3 unspecified atom stereocenters. The summed E-state index contributed by atoms with van der Waals surface area (Å²) in [5.74, 6) is -0.0276. The van der Waals surface area contributed by atoms with Crippen LogP contribution >= 0.6 is 0 Å². The molecule has 1 aliphatic heterocycles. The first-order chi connectivity index (χ1) is 10.2. The molecule has 1 aromatic rings. The van der Waals surface area contributed by atoms with Gasteiger partial charge >= 0.3 is 0 Å². The van der Waals surface area contributed by atoms with E-state index < -0.39 is 5.82 Å². The minimum atomic E-state index is -0.477. The van der Waals surface area contributed by atoms with Crippen LogP contribution in [0.3, 0.4) is 0 Å². The highest BCUT2D eigenvalue weighted by Gasteiger charge is 2.38. The minimum absolute atomic E-state index is 0.132. The molecule has 1 aromatic carbocycles. The number of amides is 1. The topological polar surface area (TPSA) is 64.9 Å². The molecule has 2 fully saturated rings. The zero-order valence-corrected chi connectivity index (χ0v) is 11.7. The van der Waals surface area contributed by atoms with Crippen LogP contribution in [-0.4, -0.2) is 18.0 Å². The number of fused-ring (bicyclic) bond motifs is 1. The Labute approximate surface area is 123 Å². The van der Waals surface area contributed by atoms with E-state index >= 15 is 0 Å². The summed E-state index contributed by atoms with van der Waals surface area (Å²) in [6.45, 7) is 0. The number of hydrogen-bond donors (Lipinski definition) is 2.